The van der Waals surface area contributed by atoms with Gasteiger partial charge in [-0.2, -0.15) is 0 Å². The summed E-state index contributed by atoms with van der Waals surface area (Å²) in [6.45, 7) is 1.54. The standard InChI is InChI=1S/C11H15BrN2O4S/c1-7(11(15)14(2)3)18-9-5-4-8(12)6-10(9)19(13,16)17/h4-7H,1-3H3,(H2,13,16,17). The van der Waals surface area contributed by atoms with Crippen LogP contribution in [0.25, 0.3) is 0 Å². The van der Waals surface area contributed by atoms with Crippen LogP contribution < -0.4 is 9.88 Å². The van der Waals surface area contributed by atoms with Gasteiger partial charge in [0.25, 0.3) is 5.91 Å². The third-order valence-electron chi connectivity index (χ3n) is 2.30. The summed E-state index contributed by atoms with van der Waals surface area (Å²) in [7, 11) is -0.752. The monoisotopic (exact) mass is 350 g/mol. The highest BCUT2D eigenvalue weighted by Crippen LogP contribution is 2.27. The molecule has 0 aromatic heterocycles. The topological polar surface area (TPSA) is 89.7 Å². The molecule has 0 aliphatic heterocycles. The summed E-state index contributed by atoms with van der Waals surface area (Å²) in [5.41, 5.74) is 0. The van der Waals surface area contributed by atoms with Gasteiger partial charge in [0.2, 0.25) is 10.0 Å². The van der Waals surface area contributed by atoms with Crippen LogP contribution in [0, 0.1) is 0 Å². The first-order chi connectivity index (χ1) is 8.62. The first-order valence-electron chi connectivity index (χ1n) is 5.33. The number of amides is 1. The number of hydrogen-bond acceptors (Lipinski definition) is 4. The number of halogens is 1. The zero-order valence-electron chi connectivity index (χ0n) is 10.8. The van der Waals surface area contributed by atoms with Crippen LogP contribution in [0.5, 0.6) is 5.75 Å². The number of likely N-dealkylation sites (N-methyl/N-ethyl adjacent to an activating group) is 1. The number of sulfonamides is 1. The Morgan fingerprint density at radius 3 is 2.47 bits per heavy atom. The van der Waals surface area contributed by atoms with Crippen LogP contribution in [0.3, 0.4) is 0 Å². The van der Waals surface area contributed by atoms with E-state index in [0.29, 0.717) is 4.47 Å². The van der Waals surface area contributed by atoms with Crippen LogP contribution in [0.15, 0.2) is 27.6 Å². The lowest BCUT2D eigenvalue weighted by Gasteiger charge is -2.19. The normalized spacial score (nSPS) is 12.9. The second kappa shape index (κ2) is 5.89. The molecule has 1 amide bonds. The van der Waals surface area contributed by atoms with Crippen LogP contribution in [0.1, 0.15) is 6.92 Å². The van der Waals surface area contributed by atoms with Crippen LogP contribution in [0.2, 0.25) is 0 Å². The van der Waals surface area contributed by atoms with Crippen molar-refractivity contribution in [3.63, 3.8) is 0 Å². The predicted molar refractivity (Wildman–Crippen MR) is 74.3 cm³/mol. The first kappa shape index (κ1) is 15.9. The number of hydrogen-bond donors (Lipinski definition) is 1. The maximum Gasteiger partial charge on any atom is 0.262 e. The summed E-state index contributed by atoms with van der Waals surface area (Å²) >= 11 is 3.16. The van der Waals surface area contributed by atoms with E-state index in [-0.39, 0.29) is 16.6 Å². The SMILES string of the molecule is CC(Oc1ccc(Br)cc1S(N)(=O)=O)C(=O)N(C)C. The van der Waals surface area contributed by atoms with E-state index in [1.54, 1.807) is 20.2 Å². The number of rotatable bonds is 4. The molecule has 0 saturated heterocycles. The van der Waals surface area contributed by atoms with Gasteiger partial charge in [0.15, 0.2) is 6.10 Å². The smallest absolute Gasteiger partial charge is 0.262 e. The van der Waals surface area contributed by atoms with E-state index < -0.39 is 16.1 Å². The molecule has 0 aliphatic rings. The second-order valence-electron chi connectivity index (χ2n) is 4.13. The molecule has 2 N–H and O–H groups in total. The summed E-state index contributed by atoms with van der Waals surface area (Å²) in [6, 6.07) is 4.39. The average Bonchev–Trinajstić information content (AvgIpc) is 2.28. The van der Waals surface area contributed by atoms with Crippen molar-refractivity contribution in [1.82, 2.24) is 4.90 Å². The third kappa shape index (κ3) is 4.19. The third-order valence-corrected chi connectivity index (χ3v) is 3.73. The number of carbonyl (C=O) groups excluding carboxylic acids is 1. The van der Waals surface area contributed by atoms with Crippen LogP contribution in [0.4, 0.5) is 0 Å². The highest BCUT2D eigenvalue weighted by atomic mass is 79.9. The number of benzene rings is 1. The Bertz CT molecular complexity index is 586. The Hall–Kier alpha value is -1.12. The van der Waals surface area contributed by atoms with E-state index in [2.05, 4.69) is 15.9 Å². The molecule has 0 spiro atoms. The van der Waals surface area contributed by atoms with E-state index in [9.17, 15) is 13.2 Å². The fourth-order valence-corrected chi connectivity index (χ4v) is 2.61. The zero-order valence-corrected chi connectivity index (χ0v) is 13.2. The van der Waals surface area contributed by atoms with Gasteiger partial charge >= 0.3 is 0 Å². The highest BCUT2D eigenvalue weighted by molar-refractivity contribution is 9.10. The van der Waals surface area contributed by atoms with E-state index in [1.807, 2.05) is 0 Å². The van der Waals surface area contributed by atoms with Gasteiger partial charge < -0.3 is 9.64 Å². The number of nitrogens with two attached hydrogens (primary N) is 1. The molecular formula is C11H15BrN2O4S. The van der Waals surface area contributed by atoms with Crippen molar-refractivity contribution in [2.45, 2.75) is 17.9 Å². The van der Waals surface area contributed by atoms with Crippen molar-refractivity contribution >= 4 is 31.9 Å². The van der Waals surface area contributed by atoms with E-state index in [0.717, 1.165) is 0 Å². The van der Waals surface area contributed by atoms with Gasteiger partial charge in [-0.25, -0.2) is 13.6 Å². The van der Waals surface area contributed by atoms with Crippen LogP contribution >= 0.6 is 15.9 Å². The average molecular weight is 351 g/mol. The molecule has 1 rings (SSSR count). The molecular weight excluding hydrogens is 336 g/mol. The predicted octanol–water partition coefficient (Wildman–Crippen LogP) is 0.952. The van der Waals surface area contributed by atoms with Gasteiger partial charge in [0, 0.05) is 18.6 Å². The molecule has 0 radical (unpaired) electrons. The number of nitrogens with zero attached hydrogens (tertiary/aromatic N) is 1. The van der Waals surface area contributed by atoms with Crippen molar-refractivity contribution < 1.29 is 17.9 Å². The van der Waals surface area contributed by atoms with Crippen LogP contribution in [-0.2, 0) is 14.8 Å². The lowest BCUT2D eigenvalue weighted by atomic mass is 10.3. The zero-order chi connectivity index (χ0) is 14.8. The van der Waals surface area contributed by atoms with E-state index in [4.69, 9.17) is 9.88 Å². The number of ether oxygens (including phenoxy) is 1. The minimum atomic E-state index is -3.93. The molecule has 0 aliphatic carbocycles. The summed E-state index contributed by atoms with van der Waals surface area (Å²) in [6.07, 6.45) is -0.809. The quantitative estimate of drug-likeness (QED) is 0.875. The van der Waals surface area contributed by atoms with Crippen molar-refractivity contribution in [3.8, 4) is 5.75 Å². The molecule has 0 bridgehead atoms. The van der Waals surface area contributed by atoms with Gasteiger partial charge in [-0.05, 0) is 25.1 Å². The Morgan fingerprint density at radius 2 is 2.00 bits per heavy atom. The van der Waals surface area contributed by atoms with Gasteiger partial charge in [0.1, 0.15) is 10.6 Å². The van der Waals surface area contributed by atoms with Crippen molar-refractivity contribution in [3.05, 3.63) is 22.7 Å². The van der Waals surface area contributed by atoms with Crippen molar-refractivity contribution in [1.29, 1.82) is 0 Å². The molecule has 1 aromatic carbocycles. The Balaban J connectivity index is 3.12. The summed E-state index contributed by atoms with van der Waals surface area (Å²) in [5.74, 6) is -0.225. The fraction of sp³-hybridized carbons (Fsp3) is 0.364. The van der Waals surface area contributed by atoms with Gasteiger partial charge in [-0.3, -0.25) is 4.79 Å². The Labute approximate surface area is 120 Å². The largest absolute Gasteiger partial charge is 0.479 e. The maximum atomic E-state index is 11.7. The minimum absolute atomic E-state index is 0.0494. The Morgan fingerprint density at radius 1 is 1.42 bits per heavy atom. The molecule has 1 unspecified atom stereocenters. The van der Waals surface area contributed by atoms with Gasteiger partial charge in [0.05, 0.1) is 0 Å². The van der Waals surface area contributed by atoms with E-state index >= 15 is 0 Å². The Kier molecular flexibility index (Phi) is 4.94. The molecule has 19 heavy (non-hydrogen) atoms. The molecule has 0 fully saturated rings. The molecule has 8 heteroatoms. The molecule has 0 heterocycles. The molecule has 0 saturated carbocycles. The van der Waals surface area contributed by atoms with Gasteiger partial charge in [-0.15, -0.1) is 0 Å². The molecule has 1 atom stereocenters. The summed E-state index contributed by atoms with van der Waals surface area (Å²) in [4.78, 5) is 12.9. The van der Waals surface area contributed by atoms with Crippen LogP contribution in [-0.4, -0.2) is 39.4 Å². The fourth-order valence-electron chi connectivity index (χ4n) is 1.41. The van der Waals surface area contributed by atoms with Crippen molar-refractivity contribution in [2.24, 2.45) is 5.14 Å². The maximum absolute atomic E-state index is 11.7. The molecule has 6 nitrogen and oxygen atoms in total. The minimum Gasteiger partial charge on any atom is -0.479 e. The number of primary sulfonamides is 1. The lowest BCUT2D eigenvalue weighted by Crippen LogP contribution is -2.35. The molecule has 106 valence electrons. The second-order valence-corrected chi connectivity index (χ2v) is 6.57. The first-order valence-corrected chi connectivity index (χ1v) is 7.67. The van der Waals surface area contributed by atoms with E-state index in [1.165, 1.54) is 24.0 Å². The molecule has 1 aromatic rings. The summed E-state index contributed by atoms with van der Waals surface area (Å²) < 4.78 is 28.9. The lowest BCUT2D eigenvalue weighted by molar-refractivity contribution is -0.135. The summed E-state index contributed by atoms with van der Waals surface area (Å²) in [5, 5.41) is 5.11. The number of carbonyl (C=O) groups is 1. The van der Waals surface area contributed by atoms with Crippen molar-refractivity contribution in [2.75, 3.05) is 14.1 Å². The van der Waals surface area contributed by atoms with Gasteiger partial charge in [-0.1, -0.05) is 15.9 Å². The highest BCUT2D eigenvalue weighted by Gasteiger charge is 2.21.